The highest BCUT2D eigenvalue weighted by molar-refractivity contribution is 7.11. The predicted octanol–water partition coefficient (Wildman–Crippen LogP) is 2.46. The van der Waals surface area contributed by atoms with E-state index in [2.05, 4.69) is 10.3 Å². The van der Waals surface area contributed by atoms with E-state index in [-0.39, 0.29) is 5.97 Å². The van der Waals surface area contributed by atoms with Crippen LogP contribution in [0.15, 0.2) is 30.5 Å². The number of carbonyl (C=O) groups is 1. The monoisotopic (exact) mass is 290 g/mol. The second-order valence-electron chi connectivity index (χ2n) is 4.47. The molecule has 1 aromatic heterocycles. The Kier molecular flexibility index (Phi) is 5.26. The van der Waals surface area contributed by atoms with Crippen molar-refractivity contribution in [2.75, 3.05) is 7.11 Å². The second kappa shape index (κ2) is 7.17. The number of aromatic nitrogens is 1. The normalized spacial score (nSPS) is 10.5. The van der Waals surface area contributed by atoms with Gasteiger partial charge < -0.3 is 10.1 Å². The minimum Gasteiger partial charge on any atom is -0.469 e. The highest BCUT2D eigenvalue weighted by Crippen LogP contribution is 2.13. The van der Waals surface area contributed by atoms with Crippen molar-refractivity contribution >= 4 is 17.3 Å². The Morgan fingerprint density at radius 3 is 2.70 bits per heavy atom. The van der Waals surface area contributed by atoms with E-state index in [0.29, 0.717) is 6.42 Å². The van der Waals surface area contributed by atoms with Gasteiger partial charge in [-0.1, -0.05) is 24.3 Å². The lowest BCUT2D eigenvalue weighted by atomic mass is 10.0. The number of nitrogens with one attached hydrogen (secondary N) is 1. The van der Waals surface area contributed by atoms with E-state index in [9.17, 15) is 4.79 Å². The van der Waals surface area contributed by atoms with Gasteiger partial charge in [-0.25, -0.2) is 4.98 Å². The predicted molar refractivity (Wildman–Crippen MR) is 79.6 cm³/mol. The number of nitrogens with zero attached hydrogens (tertiary/aromatic N) is 1. The fourth-order valence-electron chi connectivity index (χ4n) is 1.94. The summed E-state index contributed by atoms with van der Waals surface area (Å²) < 4.78 is 4.72. The molecule has 1 N–H and O–H groups in total. The molecule has 0 saturated carbocycles. The molecule has 0 fully saturated rings. The number of ether oxygens (including phenoxy) is 1. The van der Waals surface area contributed by atoms with Gasteiger partial charge in [-0.3, -0.25) is 4.79 Å². The Bertz CT molecular complexity index is 581. The van der Waals surface area contributed by atoms with Crippen LogP contribution in [0.4, 0.5) is 0 Å². The molecule has 1 heterocycles. The Hall–Kier alpha value is -1.72. The van der Waals surface area contributed by atoms with Crippen LogP contribution in [-0.4, -0.2) is 18.1 Å². The van der Waals surface area contributed by atoms with Crippen molar-refractivity contribution in [2.45, 2.75) is 26.4 Å². The Morgan fingerprint density at radius 1 is 1.30 bits per heavy atom. The molecule has 0 aliphatic heterocycles. The van der Waals surface area contributed by atoms with Crippen LogP contribution in [-0.2, 0) is 29.0 Å². The van der Waals surface area contributed by atoms with Gasteiger partial charge in [0, 0.05) is 24.2 Å². The topological polar surface area (TPSA) is 51.2 Å². The molecule has 20 heavy (non-hydrogen) atoms. The Labute approximate surface area is 122 Å². The average Bonchev–Trinajstić information content (AvgIpc) is 2.86. The third-order valence-corrected chi connectivity index (χ3v) is 3.88. The molecule has 2 aromatic rings. The van der Waals surface area contributed by atoms with Gasteiger partial charge in [0.25, 0.3) is 0 Å². The Morgan fingerprint density at radius 2 is 2.05 bits per heavy atom. The van der Waals surface area contributed by atoms with Crippen molar-refractivity contribution in [3.05, 3.63) is 51.5 Å². The first-order valence-corrected chi connectivity index (χ1v) is 7.26. The largest absolute Gasteiger partial charge is 0.469 e. The molecular weight excluding hydrogens is 272 g/mol. The summed E-state index contributed by atoms with van der Waals surface area (Å²) >= 11 is 1.69. The van der Waals surface area contributed by atoms with Crippen LogP contribution in [0.2, 0.25) is 0 Å². The average molecular weight is 290 g/mol. The van der Waals surface area contributed by atoms with Gasteiger partial charge in [0.1, 0.15) is 0 Å². The van der Waals surface area contributed by atoms with Gasteiger partial charge in [-0.2, -0.15) is 0 Å². The van der Waals surface area contributed by atoms with E-state index in [0.717, 1.165) is 29.2 Å². The summed E-state index contributed by atoms with van der Waals surface area (Å²) in [5, 5.41) is 4.46. The number of thiazole rings is 1. The second-order valence-corrected chi connectivity index (χ2v) is 5.79. The molecule has 5 heteroatoms. The molecule has 0 radical (unpaired) electrons. The number of benzene rings is 1. The fraction of sp³-hybridized carbons (Fsp3) is 0.333. The number of rotatable bonds is 6. The summed E-state index contributed by atoms with van der Waals surface area (Å²) in [6, 6.07) is 7.91. The molecule has 0 aliphatic carbocycles. The highest BCUT2D eigenvalue weighted by atomic mass is 32.1. The number of carbonyl (C=O) groups excluding carboxylic acids is 1. The molecule has 0 spiro atoms. The molecule has 106 valence electrons. The molecule has 0 saturated heterocycles. The number of hydrogen-bond donors (Lipinski definition) is 1. The lowest BCUT2D eigenvalue weighted by molar-refractivity contribution is -0.139. The van der Waals surface area contributed by atoms with E-state index in [1.807, 2.05) is 37.4 Å². The molecule has 0 bridgehead atoms. The van der Waals surface area contributed by atoms with Crippen LogP contribution >= 0.6 is 11.3 Å². The van der Waals surface area contributed by atoms with Crippen LogP contribution in [0.25, 0.3) is 0 Å². The van der Waals surface area contributed by atoms with Crippen LogP contribution < -0.4 is 5.32 Å². The van der Waals surface area contributed by atoms with Gasteiger partial charge in [0.15, 0.2) is 0 Å². The molecule has 4 nitrogen and oxygen atoms in total. The smallest absolute Gasteiger partial charge is 0.309 e. The number of esters is 1. The van der Waals surface area contributed by atoms with Crippen molar-refractivity contribution in [1.29, 1.82) is 0 Å². The zero-order valence-electron chi connectivity index (χ0n) is 11.7. The lowest BCUT2D eigenvalue weighted by Crippen LogP contribution is -2.15. The molecule has 0 atom stereocenters. The molecule has 0 unspecified atom stereocenters. The van der Waals surface area contributed by atoms with Gasteiger partial charge >= 0.3 is 5.97 Å². The maximum atomic E-state index is 11.4. The van der Waals surface area contributed by atoms with Crippen LogP contribution in [0.5, 0.6) is 0 Å². The zero-order valence-corrected chi connectivity index (χ0v) is 12.5. The van der Waals surface area contributed by atoms with E-state index in [1.54, 1.807) is 11.3 Å². The minimum absolute atomic E-state index is 0.212. The summed E-state index contributed by atoms with van der Waals surface area (Å²) in [6.45, 7) is 3.52. The first-order chi connectivity index (χ1) is 9.69. The zero-order chi connectivity index (χ0) is 14.4. The summed E-state index contributed by atoms with van der Waals surface area (Å²) in [6.07, 6.45) is 2.21. The summed E-state index contributed by atoms with van der Waals surface area (Å²) in [4.78, 5) is 16.8. The molecule has 0 amide bonds. The molecular formula is C15H18N2O2S. The molecule has 1 aromatic carbocycles. The van der Waals surface area contributed by atoms with Gasteiger partial charge in [0.05, 0.1) is 18.5 Å². The minimum atomic E-state index is -0.212. The van der Waals surface area contributed by atoms with Crippen molar-refractivity contribution < 1.29 is 9.53 Å². The van der Waals surface area contributed by atoms with E-state index in [4.69, 9.17) is 4.74 Å². The van der Waals surface area contributed by atoms with Crippen molar-refractivity contribution in [2.24, 2.45) is 0 Å². The summed E-state index contributed by atoms with van der Waals surface area (Å²) in [7, 11) is 1.41. The number of hydrogen-bond acceptors (Lipinski definition) is 5. The third kappa shape index (κ3) is 4.15. The maximum Gasteiger partial charge on any atom is 0.309 e. The van der Waals surface area contributed by atoms with Crippen molar-refractivity contribution in [3.8, 4) is 0 Å². The number of methoxy groups -OCH3 is 1. The molecule has 2 rings (SSSR count). The first-order valence-electron chi connectivity index (χ1n) is 6.44. The van der Waals surface area contributed by atoms with E-state index < -0.39 is 0 Å². The SMILES string of the molecule is COC(=O)Cc1ccccc1CNCc1cnc(C)s1. The number of aryl methyl sites for hydroxylation is 1. The van der Waals surface area contributed by atoms with Gasteiger partial charge in [-0.05, 0) is 18.1 Å². The maximum absolute atomic E-state index is 11.4. The van der Waals surface area contributed by atoms with Crippen LogP contribution in [0.1, 0.15) is 21.0 Å². The quantitative estimate of drug-likeness (QED) is 0.830. The first kappa shape index (κ1) is 14.7. The van der Waals surface area contributed by atoms with E-state index in [1.165, 1.54) is 12.0 Å². The Balaban J connectivity index is 1.93. The highest BCUT2D eigenvalue weighted by Gasteiger charge is 2.07. The lowest BCUT2D eigenvalue weighted by Gasteiger charge is -2.09. The summed E-state index contributed by atoms with van der Waals surface area (Å²) in [5.74, 6) is -0.212. The fourth-order valence-corrected chi connectivity index (χ4v) is 2.70. The van der Waals surface area contributed by atoms with Crippen molar-refractivity contribution in [1.82, 2.24) is 10.3 Å². The molecule has 0 aliphatic rings. The standard InChI is InChI=1S/C15H18N2O2S/c1-11-17-10-14(20-11)9-16-8-13-6-4-3-5-12(13)7-15(18)19-2/h3-6,10,16H,7-9H2,1-2H3. The van der Waals surface area contributed by atoms with Crippen LogP contribution in [0, 0.1) is 6.92 Å². The van der Waals surface area contributed by atoms with E-state index >= 15 is 0 Å². The summed E-state index contributed by atoms with van der Waals surface area (Å²) in [5.41, 5.74) is 2.13. The van der Waals surface area contributed by atoms with Crippen LogP contribution in [0.3, 0.4) is 0 Å². The van der Waals surface area contributed by atoms with Gasteiger partial charge in [0.2, 0.25) is 0 Å². The third-order valence-electron chi connectivity index (χ3n) is 2.96. The van der Waals surface area contributed by atoms with Crippen molar-refractivity contribution in [3.63, 3.8) is 0 Å². The van der Waals surface area contributed by atoms with Gasteiger partial charge in [-0.15, -0.1) is 11.3 Å².